The Hall–Kier alpha value is 0.400. The molecule has 0 radical (unpaired) electrons. The molecule has 0 aliphatic heterocycles. The van der Waals surface area contributed by atoms with Crippen LogP contribution in [0.4, 0.5) is 0 Å². The number of Topliss-reactive ketones (excluding diaryl/α,β-unsaturated/α-hetero) is 1. The Balaban J connectivity index is 3.51. The minimum atomic E-state index is 0.210. The summed E-state index contributed by atoms with van der Waals surface area (Å²) in [7, 11) is 0. The predicted molar refractivity (Wildman–Crippen MR) is 47.9 cm³/mol. The topological polar surface area (TPSA) is 17.1 Å². The number of hydrogen-bond donors (Lipinski definition) is 0. The number of ketones is 1. The maximum atomic E-state index is 10.9. The van der Waals surface area contributed by atoms with Gasteiger partial charge in [-0.3, -0.25) is 4.79 Å². The van der Waals surface area contributed by atoms with E-state index >= 15 is 0 Å². The van der Waals surface area contributed by atoms with Crippen LogP contribution >= 0.6 is 22.6 Å². The van der Waals surface area contributed by atoms with Crippen LogP contribution in [-0.4, -0.2) is 9.71 Å². The third-order valence-electron chi connectivity index (χ3n) is 1.13. The van der Waals surface area contributed by atoms with Crippen molar-refractivity contribution < 1.29 is 4.79 Å². The van der Waals surface area contributed by atoms with Crippen LogP contribution < -0.4 is 0 Å². The van der Waals surface area contributed by atoms with Gasteiger partial charge in [-0.05, 0) is 0 Å². The van der Waals surface area contributed by atoms with Gasteiger partial charge in [0.05, 0.1) is 0 Å². The molecule has 0 aliphatic rings. The molecule has 0 spiro atoms. The molecule has 1 atom stereocenters. The van der Waals surface area contributed by atoms with Crippen molar-refractivity contribution in [2.75, 3.05) is 0 Å². The third kappa shape index (κ3) is 4.88. The van der Waals surface area contributed by atoms with Crippen LogP contribution in [-0.2, 0) is 4.79 Å². The van der Waals surface area contributed by atoms with Gasteiger partial charge in [0, 0.05) is 16.3 Å². The Morgan fingerprint density at radius 2 is 1.89 bits per heavy atom. The molecule has 0 aromatic heterocycles. The van der Waals surface area contributed by atoms with Gasteiger partial charge in [0.15, 0.2) is 0 Å². The summed E-state index contributed by atoms with van der Waals surface area (Å²) in [5.74, 6) is 0.583. The number of halogens is 1. The normalized spacial score (nSPS) is 13.9. The highest BCUT2D eigenvalue weighted by Crippen LogP contribution is 2.08. The lowest BCUT2D eigenvalue weighted by Crippen LogP contribution is -2.10. The average molecular weight is 240 g/mol. The summed E-state index contributed by atoms with van der Waals surface area (Å²) in [6, 6.07) is 0. The van der Waals surface area contributed by atoms with E-state index in [1.54, 1.807) is 0 Å². The second kappa shape index (κ2) is 4.25. The highest BCUT2D eigenvalue weighted by atomic mass is 127. The number of carbonyl (C=O) groups excluding carboxylic acids is 1. The first kappa shape index (κ1) is 9.40. The summed E-state index contributed by atoms with van der Waals surface area (Å²) >= 11 is 2.27. The molecule has 0 N–H and O–H groups in total. The first-order chi connectivity index (χ1) is 4.04. The van der Waals surface area contributed by atoms with Gasteiger partial charge in [-0.25, -0.2) is 0 Å². The highest BCUT2D eigenvalue weighted by molar-refractivity contribution is 14.1. The molecule has 2 heteroatoms. The van der Waals surface area contributed by atoms with Crippen molar-refractivity contribution in [3.8, 4) is 0 Å². The molecule has 1 nitrogen and oxygen atoms in total. The van der Waals surface area contributed by atoms with Crippen LogP contribution in [0.15, 0.2) is 0 Å². The van der Waals surface area contributed by atoms with Crippen molar-refractivity contribution in [1.29, 1.82) is 0 Å². The fourth-order valence-electron chi connectivity index (χ4n) is 0.513. The minimum Gasteiger partial charge on any atom is -0.299 e. The van der Waals surface area contributed by atoms with E-state index in [9.17, 15) is 4.79 Å². The average Bonchev–Trinajstić information content (AvgIpc) is 1.63. The van der Waals surface area contributed by atoms with Gasteiger partial charge in [-0.15, -0.1) is 0 Å². The van der Waals surface area contributed by atoms with Gasteiger partial charge in [-0.2, -0.15) is 0 Å². The molecule has 0 heterocycles. The molecule has 54 valence electrons. The zero-order chi connectivity index (χ0) is 7.44. The molecule has 0 aromatic rings. The van der Waals surface area contributed by atoms with Crippen LogP contribution in [0.2, 0.25) is 0 Å². The lowest BCUT2D eigenvalue weighted by Gasteiger charge is -2.03. The van der Waals surface area contributed by atoms with E-state index in [4.69, 9.17) is 0 Å². The molecule has 0 amide bonds. The van der Waals surface area contributed by atoms with E-state index < -0.39 is 0 Å². The summed E-state index contributed by atoms with van der Waals surface area (Å²) in [4.78, 5) is 10.9. The monoisotopic (exact) mass is 240 g/mol. The lowest BCUT2D eigenvalue weighted by molar-refractivity contribution is -0.121. The fourth-order valence-corrected chi connectivity index (χ4v) is 0.947. The largest absolute Gasteiger partial charge is 0.299 e. The Morgan fingerprint density at radius 1 is 1.44 bits per heavy atom. The Bertz CT molecular complexity index is 97.1. The van der Waals surface area contributed by atoms with Crippen LogP contribution in [0, 0.1) is 5.92 Å². The predicted octanol–water partition coefficient (Wildman–Crippen LogP) is 2.43. The number of alkyl halides is 1. The van der Waals surface area contributed by atoms with Gasteiger partial charge < -0.3 is 0 Å². The summed E-state index contributed by atoms with van der Waals surface area (Å²) in [6.45, 7) is 5.95. The molecule has 0 fully saturated rings. The van der Waals surface area contributed by atoms with E-state index in [1.165, 1.54) is 0 Å². The summed E-state index contributed by atoms with van der Waals surface area (Å²) in [5.41, 5.74) is 0. The standard InChI is InChI=1S/C7H13IO/c1-5(2)7(9)4-6(3)8/h5-6H,4H2,1-3H3. The van der Waals surface area contributed by atoms with Crippen molar-refractivity contribution >= 4 is 28.4 Å². The van der Waals surface area contributed by atoms with Crippen LogP contribution in [0.3, 0.4) is 0 Å². The molecule has 0 saturated carbocycles. The van der Waals surface area contributed by atoms with E-state index in [2.05, 4.69) is 29.5 Å². The zero-order valence-electron chi connectivity index (χ0n) is 6.15. The molecule has 0 aromatic carbocycles. The van der Waals surface area contributed by atoms with Crippen LogP contribution in [0.25, 0.3) is 0 Å². The van der Waals surface area contributed by atoms with E-state index in [-0.39, 0.29) is 5.92 Å². The van der Waals surface area contributed by atoms with E-state index in [0.29, 0.717) is 9.71 Å². The third-order valence-corrected chi connectivity index (χ3v) is 1.57. The molecule has 0 saturated heterocycles. The van der Waals surface area contributed by atoms with Crippen molar-refractivity contribution in [3.05, 3.63) is 0 Å². The van der Waals surface area contributed by atoms with Gasteiger partial charge in [0.1, 0.15) is 5.78 Å². The van der Waals surface area contributed by atoms with Crippen LogP contribution in [0.1, 0.15) is 27.2 Å². The van der Waals surface area contributed by atoms with Gasteiger partial charge in [-0.1, -0.05) is 43.4 Å². The first-order valence-corrected chi connectivity index (χ1v) is 4.45. The SMILES string of the molecule is CC(I)CC(=O)C(C)C. The number of rotatable bonds is 3. The van der Waals surface area contributed by atoms with Crippen molar-refractivity contribution in [2.24, 2.45) is 5.92 Å². The van der Waals surface area contributed by atoms with Gasteiger partial charge in [0.25, 0.3) is 0 Å². The van der Waals surface area contributed by atoms with Crippen molar-refractivity contribution in [3.63, 3.8) is 0 Å². The summed E-state index contributed by atoms with van der Waals surface area (Å²) in [6.07, 6.45) is 0.720. The Morgan fingerprint density at radius 3 is 2.00 bits per heavy atom. The highest BCUT2D eigenvalue weighted by Gasteiger charge is 2.08. The lowest BCUT2D eigenvalue weighted by atomic mass is 10.1. The maximum absolute atomic E-state index is 10.9. The van der Waals surface area contributed by atoms with Gasteiger partial charge >= 0.3 is 0 Å². The molecule has 0 bridgehead atoms. The Kier molecular flexibility index (Phi) is 4.44. The first-order valence-electron chi connectivity index (χ1n) is 3.20. The molecule has 0 rings (SSSR count). The number of hydrogen-bond acceptors (Lipinski definition) is 1. The fraction of sp³-hybridized carbons (Fsp3) is 0.857. The van der Waals surface area contributed by atoms with Crippen molar-refractivity contribution in [1.82, 2.24) is 0 Å². The second-order valence-corrected chi connectivity index (χ2v) is 4.73. The molecule has 1 unspecified atom stereocenters. The van der Waals surface area contributed by atoms with Gasteiger partial charge in [0.2, 0.25) is 0 Å². The zero-order valence-corrected chi connectivity index (χ0v) is 8.31. The second-order valence-electron chi connectivity index (χ2n) is 2.61. The minimum absolute atomic E-state index is 0.210. The number of carbonyl (C=O) groups is 1. The smallest absolute Gasteiger partial charge is 0.136 e. The quantitative estimate of drug-likeness (QED) is 0.547. The van der Waals surface area contributed by atoms with E-state index in [0.717, 1.165) is 6.42 Å². The Labute approximate surface area is 70.4 Å². The molecular weight excluding hydrogens is 227 g/mol. The maximum Gasteiger partial charge on any atom is 0.136 e. The summed E-state index contributed by atoms with van der Waals surface area (Å²) < 4.78 is 0.484. The molecule has 0 aliphatic carbocycles. The van der Waals surface area contributed by atoms with Crippen LogP contribution in [0.5, 0.6) is 0 Å². The van der Waals surface area contributed by atoms with E-state index in [1.807, 2.05) is 13.8 Å². The molecular formula is C7H13IO. The summed E-state index contributed by atoms with van der Waals surface area (Å²) in [5, 5.41) is 0. The van der Waals surface area contributed by atoms with Crippen molar-refractivity contribution in [2.45, 2.75) is 31.1 Å². The molecule has 9 heavy (non-hydrogen) atoms.